The fourth-order valence-corrected chi connectivity index (χ4v) is 3.76. The van der Waals surface area contributed by atoms with Gasteiger partial charge in [-0.15, -0.1) is 0 Å². The molecule has 21 heavy (non-hydrogen) atoms. The minimum absolute atomic E-state index is 0.544. The van der Waals surface area contributed by atoms with Crippen molar-refractivity contribution in [2.45, 2.75) is 72.3 Å². The lowest BCUT2D eigenvalue weighted by Gasteiger charge is -2.38. The number of nitrogens with one attached hydrogen (secondary N) is 1. The van der Waals surface area contributed by atoms with Crippen molar-refractivity contribution in [2.24, 2.45) is 11.3 Å². The zero-order valence-electron chi connectivity index (χ0n) is 14.4. The zero-order chi connectivity index (χ0) is 15.3. The molecule has 1 unspecified atom stereocenters. The molecule has 1 aliphatic rings. The number of hydrogen-bond donors (Lipinski definition) is 1. The Morgan fingerprint density at radius 1 is 1.19 bits per heavy atom. The van der Waals surface area contributed by atoms with Gasteiger partial charge >= 0.3 is 0 Å². The molecule has 2 rings (SSSR count). The third-order valence-corrected chi connectivity index (χ3v) is 5.13. The molecule has 0 spiro atoms. The van der Waals surface area contributed by atoms with Crippen LogP contribution in [0, 0.1) is 11.3 Å². The molecule has 1 saturated carbocycles. The van der Waals surface area contributed by atoms with Crippen molar-refractivity contribution in [1.82, 2.24) is 5.32 Å². The molecule has 1 atom stereocenters. The highest BCUT2D eigenvalue weighted by Crippen LogP contribution is 2.42. The third kappa shape index (κ3) is 4.57. The van der Waals surface area contributed by atoms with Crippen LogP contribution in [0.1, 0.15) is 77.0 Å². The van der Waals surface area contributed by atoms with Crippen molar-refractivity contribution in [3.63, 3.8) is 0 Å². The van der Waals surface area contributed by atoms with Crippen LogP contribution in [0.4, 0.5) is 0 Å². The van der Waals surface area contributed by atoms with Gasteiger partial charge in [0.1, 0.15) is 0 Å². The Hall–Kier alpha value is -0.820. The minimum Gasteiger partial charge on any atom is -0.310 e. The van der Waals surface area contributed by atoms with Crippen molar-refractivity contribution in [1.29, 1.82) is 0 Å². The summed E-state index contributed by atoms with van der Waals surface area (Å²) >= 11 is 0. The third-order valence-electron chi connectivity index (χ3n) is 5.13. The quantitative estimate of drug-likeness (QED) is 0.728. The van der Waals surface area contributed by atoms with Crippen LogP contribution in [-0.4, -0.2) is 6.54 Å². The van der Waals surface area contributed by atoms with Gasteiger partial charge in [-0.25, -0.2) is 0 Å². The molecule has 0 saturated heterocycles. The Morgan fingerprint density at radius 3 is 2.52 bits per heavy atom. The van der Waals surface area contributed by atoms with Gasteiger partial charge in [-0.3, -0.25) is 0 Å². The summed E-state index contributed by atoms with van der Waals surface area (Å²) in [5, 5.41) is 3.77. The first-order chi connectivity index (χ1) is 10.1. The second kappa shape index (κ2) is 7.45. The van der Waals surface area contributed by atoms with E-state index in [0.29, 0.717) is 11.5 Å². The maximum absolute atomic E-state index is 3.77. The Balaban J connectivity index is 2.13. The summed E-state index contributed by atoms with van der Waals surface area (Å²) in [6.07, 6.45) is 7.89. The average molecular weight is 287 g/mol. The average Bonchev–Trinajstić information content (AvgIpc) is 2.46. The standard InChI is InChI=1S/C20H33N/c1-5-8-16-9-7-10-18(15-16)19(21-6-2)17-11-13-20(3,4)14-12-17/h7,9-10,15,17,19,21H,5-6,8,11-14H2,1-4H3. The number of hydrogen-bond acceptors (Lipinski definition) is 1. The van der Waals surface area contributed by atoms with Crippen LogP contribution in [0.3, 0.4) is 0 Å². The van der Waals surface area contributed by atoms with E-state index < -0.39 is 0 Å². The molecule has 1 aromatic carbocycles. The maximum Gasteiger partial charge on any atom is 0.0348 e. The van der Waals surface area contributed by atoms with Gasteiger partial charge < -0.3 is 5.32 Å². The summed E-state index contributed by atoms with van der Waals surface area (Å²) in [6.45, 7) is 10.4. The molecule has 0 bridgehead atoms. The molecule has 0 amide bonds. The summed E-state index contributed by atoms with van der Waals surface area (Å²) in [5.41, 5.74) is 3.55. The van der Waals surface area contributed by atoms with Gasteiger partial charge in [0.25, 0.3) is 0 Å². The lowest BCUT2D eigenvalue weighted by atomic mass is 9.70. The van der Waals surface area contributed by atoms with Gasteiger partial charge in [0.2, 0.25) is 0 Å². The first-order valence-corrected chi connectivity index (χ1v) is 8.88. The monoisotopic (exact) mass is 287 g/mol. The van der Waals surface area contributed by atoms with Crippen LogP contribution < -0.4 is 5.32 Å². The van der Waals surface area contributed by atoms with Crippen LogP contribution in [0.2, 0.25) is 0 Å². The van der Waals surface area contributed by atoms with Crippen LogP contribution >= 0.6 is 0 Å². The summed E-state index contributed by atoms with van der Waals surface area (Å²) in [5.74, 6) is 0.801. The fourth-order valence-electron chi connectivity index (χ4n) is 3.76. The van der Waals surface area contributed by atoms with Crippen molar-refractivity contribution in [3.8, 4) is 0 Å². The van der Waals surface area contributed by atoms with Gasteiger partial charge in [0.05, 0.1) is 0 Å². The van der Waals surface area contributed by atoms with E-state index in [4.69, 9.17) is 0 Å². The van der Waals surface area contributed by atoms with Crippen LogP contribution in [0.15, 0.2) is 24.3 Å². The SMILES string of the molecule is CCCc1cccc(C(NCC)C2CCC(C)(C)CC2)c1. The molecule has 1 fully saturated rings. The number of aryl methyl sites for hydroxylation is 1. The highest BCUT2D eigenvalue weighted by atomic mass is 14.9. The van der Waals surface area contributed by atoms with E-state index in [1.807, 2.05) is 0 Å². The van der Waals surface area contributed by atoms with Gasteiger partial charge in [0, 0.05) is 6.04 Å². The van der Waals surface area contributed by atoms with E-state index in [9.17, 15) is 0 Å². The molecule has 1 aromatic rings. The van der Waals surface area contributed by atoms with Crippen molar-refractivity contribution in [3.05, 3.63) is 35.4 Å². The van der Waals surface area contributed by atoms with Crippen LogP contribution in [-0.2, 0) is 6.42 Å². The largest absolute Gasteiger partial charge is 0.310 e. The first-order valence-electron chi connectivity index (χ1n) is 8.88. The molecular weight excluding hydrogens is 254 g/mol. The Kier molecular flexibility index (Phi) is 5.87. The van der Waals surface area contributed by atoms with E-state index in [1.54, 1.807) is 0 Å². The maximum atomic E-state index is 3.77. The second-order valence-corrected chi connectivity index (χ2v) is 7.53. The second-order valence-electron chi connectivity index (χ2n) is 7.53. The molecule has 0 radical (unpaired) electrons. The Bertz CT molecular complexity index is 425. The summed E-state index contributed by atoms with van der Waals surface area (Å²) in [4.78, 5) is 0. The topological polar surface area (TPSA) is 12.0 Å². The van der Waals surface area contributed by atoms with E-state index in [1.165, 1.54) is 49.7 Å². The van der Waals surface area contributed by atoms with Gasteiger partial charge in [0.15, 0.2) is 0 Å². The molecule has 0 heterocycles. The molecule has 0 aliphatic heterocycles. The van der Waals surface area contributed by atoms with E-state index in [0.717, 1.165) is 12.5 Å². The first kappa shape index (κ1) is 16.5. The predicted molar refractivity (Wildman–Crippen MR) is 92.6 cm³/mol. The van der Waals surface area contributed by atoms with Crippen LogP contribution in [0.25, 0.3) is 0 Å². The Labute approximate surface area is 131 Å². The Morgan fingerprint density at radius 2 is 1.90 bits per heavy atom. The number of benzene rings is 1. The zero-order valence-corrected chi connectivity index (χ0v) is 14.4. The molecule has 1 nitrogen and oxygen atoms in total. The highest BCUT2D eigenvalue weighted by Gasteiger charge is 2.31. The van der Waals surface area contributed by atoms with Gasteiger partial charge in [-0.05, 0) is 61.1 Å². The van der Waals surface area contributed by atoms with Crippen LogP contribution in [0.5, 0.6) is 0 Å². The van der Waals surface area contributed by atoms with Crippen molar-refractivity contribution < 1.29 is 0 Å². The molecule has 1 aliphatic carbocycles. The normalized spacial score (nSPS) is 20.4. The highest BCUT2D eigenvalue weighted by molar-refractivity contribution is 5.27. The van der Waals surface area contributed by atoms with Crippen molar-refractivity contribution in [2.75, 3.05) is 6.54 Å². The van der Waals surface area contributed by atoms with E-state index >= 15 is 0 Å². The smallest absolute Gasteiger partial charge is 0.0348 e. The number of rotatable bonds is 6. The summed E-state index contributed by atoms with van der Waals surface area (Å²) in [6, 6.07) is 9.84. The summed E-state index contributed by atoms with van der Waals surface area (Å²) < 4.78 is 0. The predicted octanol–water partition coefficient (Wildman–Crippen LogP) is 5.51. The fraction of sp³-hybridized carbons (Fsp3) is 0.700. The van der Waals surface area contributed by atoms with E-state index in [2.05, 4.69) is 57.3 Å². The minimum atomic E-state index is 0.544. The molecular formula is C20H33N. The molecule has 118 valence electrons. The van der Waals surface area contributed by atoms with E-state index in [-0.39, 0.29) is 0 Å². The molecule has 1 N–H and O–H groups in total. The van der Waals surface area contributed by atoms with Crippen molar-refractivity contribution >= 4 is 0 Å². The van der Waals surface area contributed by atoms with Gasteiger partial charge in [-0.2, -0.15) is 0 Å². The summed E-state index contributed by atoms with van der Waals surface area (Å²) in [7, 11) is 0. The molecule has 0 aromatic heterocycles. The molecule has 1 heteroatoms. The lowest BCUT2D eigenvalue weighted by molar-refractivity contribution is 0.162. The van der Waals surface area contributed by atoms with Gasteiger partial charge in [-0.1, -0.05) is 58.4 Å². The lowest BCUT2D eigenvalue weighted by Crippen LogP contribution is -2.32.